The molecule has 0 aromatic rings. The molecule has 18 atom stereocenters. The van der Waals surface area contributed by atoms with Crippen LogP contribution in [-0.2, 0) is 101 Å². The number of nitrogens with zero attached hydrogens (tertiary/aromatic N) is 3. The lowest BCUT2D eigenvalue weighted by Gasteiger charge is -2.30. The van der Waals surface area contributed by atoms with Crippen molar-refractivity contribution in [3.8, 4) is 0 Å². The van der Waals surface area contributed by atoms with E-state index in [1.54, 1.807) is 27.7 Å². The maximum Gasteiger partial charge on any atom is 0.327 e. The summed E-state index contributed by atoms with van der Waals surface area (Å²) in [6.45, 7) is 3.23. The molecular weight excluding hydrogens is 1950 g/mol. The first-order valence-corrected chi connectivity index (χ1v) is 50.6. The molecule has 0 aromatic heterocycles. The summed E-state index contributed by atoms with van der Waals surface area (Å²) in [7, 11) is 0. The summed E-state index contributed by atoms with van der Waals surface area (Å²) in [5.74, 6) is -22.8. The van der Waals surface area contributed by atoms with Crippen LogP contribution in [-0.4, -0.2) is 383 Å². The van der Waals surface area contributed by atoms with Crippen LogP contribution in [0.25, 0.3) is 0 Å². The van der Waals surface area contributed by atoms with Crippen molar-refractivity contribution in [3.63, 3.8) is 0 Å². The van der Waals surface area contributed by atoms with Crippen LogP contribution in [0, 0.1) is 11.8 Å². The van der Waals surface area contributed by atoms with E-state index in [4.69, 9.17) is 51.6 Å². The Labute approximate surface area is 859 Å². The Balaban J connectivity index is 2.45. The number of rotatable bonds is 76. The lowest BCUT2D eigenvalue weighted by atomic mass is 10.0. The molecule has 0 bridgehead atoms. The van der Waals surface area contributed by atoms with E-state index in [1.807, 2.05) is 0 Å². The molecule has 0 spiro atoms. The first-order valence-electron chi connectivity index (χ1n) is 50.0. The summed E-state index contributed by atoms with van der Waals surface area (Å²) in [6.07, 6.45) is 2.40. The van der Waals surface area contributed by atoms with Gasteiger partial charge in [0.15, 0.2) is 5.96 Å². The van der Waals surface area contributed by atoms with E-state index in [9.17, 15) is 131 Å². The molecule has 0 saturated carbocycles. The molecule has 147 heavy (non-hydrogen) atoms. The molecule has 0 aromatic carbocycles. The number of nitrogens with two attached hydrogens (primary N) is 9. The van der Waals surface area contributed by atoms with Gasteiger partial charge in [0.25, 0.3) is 0 Å². The maximum atomic E-state index is 14.9. The van der Waals surface area contributed by atoms with Crippen molar-refractivity contribution in [2.45, 2.75) is 317 Å². The second kappa shape index (κ2) is 72.4. The highest BCUT2D eigenvalue weighted by Crippen LogP contribution is 2.23. The van der Waals surface area contributed by atoms with Gasteiger partial charge in [-0.3, -0.25) is 101 Å². The van der Waals surface area contributed by atoms with Gasteiger partial charge < -0.3 is 182 Å². The average Bonchev–Trinajstić information content (AvgIpc) is 1.71. The molecule has 0 aliphatic carbocycles. The van der Waals surface area contributed by atoms with E-state index in [0.717, 1.165) is 11.8 Å². The Kier molecular flexibility index (Phi) is 64.6. The minimum absolute atomic E-state index is 0.0145. The number of hydrogen-bond acceptors (Lipinski definition) is 34. The van der Waals surface area contributed by atoms with Crippen molar-refractivity contribution >= 4 is 143 Å². The number of carboxylic acids is 2. The van der Waals surface area contributed by atoms with E-state index in [-0.39, 0.29) is 199 Å². The van der Waals surface area contributed by atoms with Crippen LogP contribution in [0.5, 0.6) is 0 Å². The van der Waals surface area contributed by atoms with Crippen LogP contribution in [0.1, 0.15) is 208 Å². The van der Waals surface area contributed by atoms with Gasteiger partial charge in [-0.2, -0.15) is 12.6 Å². The molecule has 2 aliphatic heterocycles. The Morgan fingerprint density at radius 3 is 0.946 bits per heavy atom. The fourth-order valence-electron chi connectivity index (χ4n) is 15.8. The zero-order valence-electron chi connectivity index (χ0n) is 84.7. The zero-order chi connectivity index (χ0) is 111. The lowest BCUT2D eigenvalue weighted by molar-refractivity contribution is -0.143. The smallest absolute Gasteiger partial charge is 0.327 e. The number of likely N-dealkylation sites (tertiary alicyclic amines) is 2. The number of carbonyl (C=O) groups excluding carboxylic acids is 19. The number of amides is 19. The van der Waals surface area contributed by atoms with E-state index < -0.39 is 285 Å². The van der Waals surface area contributed by atoms with Crippen molar-refractivity contribution in [2.24, 2.45) is 68.4 Å². The standard InChI is InChI=1S/C90H163N29O27S/c1-49(2)39-59(80(136)114-63(45-121)84(140)115-62(44-120)82(138)110-57(27-18-36-100-90(98)99)78(134)112-60(40-50(3)4)81(137)113-61(41-71(126)127)79(135)102-51(5)72(128)117-66(48-147)89(145)146)103-70(125)43-101-85(141)67-28-19-37-118(67)87(143)58(26-11-17-35-96)111-77(133)56(25-10-16-34-95)108-75(131)54(23-8-14-32-93)106-73(129)52(21-6-12-30-91)105-74(130)53(22-7-13-31-92)107-76(132)55(24-9-15-33-94)109-83(139)64(46-122)116-86(142)68-29-20-38-119(68)88(144)65(47-123)104-69(124)42-97/h49-68,120-123,147H,6-48,91-97H2,1-5H3,(H,101,141)(H,102,135)(H,103,125)(H,104,124)(H,105,130)(H,106,129)(H,107,132)(H,108,131)(H,109,139)(H,110,138)(H,111,133)(H,112,134)(H,113,137)(H,114,136)(H,115,140)(H,116,142)(H,117,128)(H,126,127)(H,145,146)(H4,98,99,100)/t51-,52-,53-,54-,55-,56-,57-,58-,59-,60-,61-,62-,63-,64-,65-,66-,67-,68-/m0/s1. The van der Waals surface area contributed by atoms with Gasteiger partial charge in [-0.1, -0.05) is 27.7 Å². The van der Waals surface area contributed by atoms with Gasteiger partial charge in [0.1, 0.15) is 109 Å². The summed E-state index contributed by atoms with van der Waals surface area (Å²) in [5.41, 5.74) is 51.7. The van der Waals surface area contributed by atoms with Crippen LogP contribution >= 0.6 is 12.6 Å². The number of aliphatic hydroxyl groups excluding tert-OH is 4. The van der Waals surface area contributed by atoms with E-state index in [1.165, 1.54) is 4.90 Å². The Morgan fingerprint density at radius 1 is 0.327 bits per heavy atom. The molecule has 836 valence electrons. The van der Waals surface area contributed by atoms with Crippen molar-refractivity contribution in [1.82, 2.24) is 100 Å². The first kappa shape index (κ1) is 131. The number of hydrogen-bond donors (Lipinski definition) is 33. The van der Waals surface area contributed by atoms with E-state index >= 15 is 0 Å². The normalized spacial score (nSPS) is 16.6. The van der Waals surface area contributed by atoms with Crippen molar-refractivity contribution in [3.05, 3.63) is 0 Å². The molecule has 0 unspecified atom stereocenters. The van der Waals surface area contributed by atoms with Crippen molar-refractivity contribution in [1.29, 1.82) is 0 Å². The third-order valence-corrected chi connectivity index (χ3v) is 24.2. The number of unbranched alkanes of at least 4 members (excludes halogenated alkanes) is 6. The molecule has 41 N–H and O–H groups in total. The number of carboxylic acid groups (broad SMARTS) is 2. The van der Waals surface area contributed by atoms with Gasteiger partial charge in [-0.25, -0.2) is 4.79 Å². The third kappa shape index (κ3) is 49.2. The Morgan fingerprint density at radius 2 is 0.612 bits per heavy atom. The predicted molar refractivity (Wildman–Crippen MR) is 536 cm³/mol. The Hall–Kier alpha value is -11.9. The Bertz CT molecular complexity index is 4280. The third-order valence-electron chi connectivity index (χ3n) is 23.8. The highest BCUT2D eigenvalue weighted by atomic mass is 32.1. The summed E-state index contributed by atoms with van der Waals surface area (Å²) in [6, 6.07) is -27.5. The van der Waals surface area contributed by atoms with Crippen LogP contribution in [0.4, 0.5) is 0 Å². The molecule has 57 heteroatoms. The minimum atomic E-state index is -1.95. The SMILES string of the molecule is CC(C)C[C@H](NC(=O)CNC(=O)[C@@H]1CCCN1C(=O)[C@H](CCCCN)NC(=O)[C@H](CCCCN)NC(=O)[C@H](CCCCN)NC(=O)[C@H](CCCCN)NC(=O)[C@H](CCCCN)NC(=O)[C@H](CCCCN)NC(=O)[C@H](CO)NC(=O)[C@@H]1CCCN1C(=O)[C@H](CO)NC(=O)CN)C(=O)N[C@@H](CO)C(=O)N[C@@H](CO)C(=O)N[C@@H](CCCN=C(N)N)C(=O)N[C@@H](CC(C)C)C(=O)N[C@@H](CC(=O)O)C(=O)N[C@@H](C)C(=O)N[C@@H](CS)C(=O)O. The van der Waals surface area contributed by atoms with E-state index in [2.05, 4.69) is 108 Å². The van der Waals surface area contributed by atoms with Crippen molar-refractivity contribution in [2.75, 3.05) is 104 Å². The molecule has 2 aliphatic rings. The predicted octanol–water partition coefficient (Wildman–Crippen LogP) is -12.8. The number of aliphatic carboxylic acids is 2. The van der Waals surface area contributed by atoms with Gasteiger partial charge >= 0.3 is 11.9 Å². The van der Waals surface area contributed by atoms with Gasteiger partial charge in [-0.05, 0) is 225 Å². The molecule has 2 saturated heterocycles. The summed E-state index contributed by atoms with van der Waals surface area (Å²) in [5, 5.41) is 102. The van der Waals surface area contributed by atoms with Gasteiger partial charge in [0.05, 0.1) is 45.9 Å². The quantitative estimate of drug-likeness (QED) is 0.0116. The first-order chi connectivity index (χ1) is 69.8. The number of carbonyl (C=O) groups is 21. The molecule has 19 amide bonds. The highest BCUT2D eigenvalue weighted by Gasteiger charge is 2.44. The number of thiol groups is 1. The summed E-state index contributed by atoms with van der Waals surface area (Å²) >= 11 is 3.88. The van der Waals surface area contributed by atoms with Gasteiger partial charge in [0.2, 0.25) is 112 Å². The van der Waals surface area contributed by atoms with E-state index in [0.29, 0.717) is 44.9 Å². The lowest BCUT2D eigenvalue weighted by Crippen LogP contribution is -2.61. The zero-order valence-corrected chi connectivity index (χ0v) is 85.6. The second-order valence-electron chi connectivity index (χ2n) is 36.8. The summed E-state index contributed by atoms with van der Waals surface area (Å²) < 4.78 is 0. The molecule has 2 rings (SSSR count). The number of aliphatic hydroxyl groups is 4. The number of aliphatic imine (C=N–C) groups is 1. The van der Waals surface area contributed by atoms with Crippen LogP contribution < -0.4 is 142 Å². The van der Waals surface area contributed by atoms with Crippen LogP contribution in [0.3, 0.4) is 0 Å². The van der Waals surface area contributed by atoms with Gasteiger partial charge in [0, 0.05) is 25.4 Å². The van der Waals surface area contributed by atoms with Crippen LogP contribution in [0.2, 0.25) is 0 Å². The van der Waals surface area contributed by atoms with Crippen molar-refractivity contribution < 1.29 is 131 Å². The number of guanidine groups is 1. The molecule has 56 nitrogen and oxygen atoms in total. The minimum Gasteiger partial charge on any atom is -0.481 e. The average molecular weight is 2120 g/mol. The molecule has 0 radical (unpaired) electrons. The topological polar surface area (TPSA) is 937 Å². The maximum absolute atomic E-state index is 14.9. The van der Waals surface area contributed by atoms with Crippen LogP contribution in [0.15, 0.2) is 4.99 Å². The second-order valence-corrected chi connectivity index (χ2v) is 37.2. The molecule has 2 fully saturated rings. The summed E-state index contributed by atoms with van der Waals surface area (Å²) in [4.78, 5) is 296. The molecule has 2 heterocycles. The largest absolute Gasteiger partial charge is 0.481 e. The fourth-order valence-corrected chi connectivity index (χ4v) is 16.1. The molecular formula is C90H163N29O27S. The van der Waals surface area contributed by atoms with Gasteiger partial charge in [-0.15, -0.1) is 0 Å². The monoisotopic (exact) mass is 2110 g/mol. The number of nitrogens with one attached hydrogen (secondary N) is 17. The fraction of sp³-hybridized carbons (Fsp3) is 0.756. The highest BCUT2D eigenvalue weighted by molar-refractivity contribution is 7.80.